The summed E-state index contributed by atoms with van der Waals surface area (Å²) in [5, 5.41) is 3.74. The van der Waals surface area contributed by atoms with Crippen molar-refractivity contribution in [3.8, 4) is 0 Å². The van der Waals surface area contributed by atoms with E-state index in [4.69, 9.17) is 23.2 Å². The molecule has 0 saturated heterocycles. The molecule has 37 heavy (non-hydrogen) atoms. The van der Waals surface area contributed by atoms with Gasteiger partial charge in [0.25, 0.3) is 0 Å². The molecule has 204 valence electrons. The average molecular weight is 571 g/mol. The van der Waals surface area contributed by atoms with Crippen LogP contribution in [-0.2, 0) is 26.2 Å². The van der Waals surface area contributed by atoms with Crippen LogP contribution in [0.4, 0.5) is 5.69 Å². The van der Waals surface area contributed by atoms with Crippen LogP contribution in [0.5, 0.6) is 0 Å². The number of sulfonamides is 1. The lowest BCUT2D eigenvalue weighted by Gasteiger charge is -2.33. The van der Waals surface area contributed by atoms with Gasteiger partial charge in [-0.25, -0.2) is 8.42 Å². The minimum Gasteiger partial charge on any atom is -0.352 e. The topological polar surface area (TPSA) is 86.8 Å². The van der Waals surface area contributed by atoms with Crippen LogP contribution >= 0.6 is 23.2 Å². The summed E-state index contributed by atoms with van der Waals surface area (Å²) in [6.07, 6.45) is 2.12. The van der Waals surface area contributed by atoms with Gasteiger partial charge < -0.3 is 10.2 Å². The molecule has 0 spiro atoms. The van der Waals surface area contributed by atoms with Gasteiger partial charge in [-0.05, 0) is 61.1 Å². The van der Waals surface area contributed by atoms with Crippen molar-refractivity contribution in [1.29, 1.82) is 0 Å². The third-order valence-corrected chi connectivity index (χ3v) is 8.00. The van der Waals surface area contributed by atoms with Gasteiger partial charge in [0.1, 0.15) is 12.6 Å². The fourth-order valence-corrected chi connectivity index (χ4v) is 5.15. The van der Waals surface area contributed by atoms with Gasteiger partial charge in [0.2, 0.25) is 21.8 Å². The van der Waals surface area contributed by atoms with E-state index in [1.165, 1.54) is 4.90 Å². The van der Waals surface area contributed by atoms with Gasteiger partial charge >= 0.3 is 0 Å². The van der Waals surface area contributed by atoms with E-state index in [0.717, 1.165) is 22.5 Å². The summed E-state index contributed by atoms with van der Waals surface area (Å²) in [6, 6.07) is 11.1. The normalized spacial score (nSPS) is 13.2. The Morgan fingerprint density at radius 3 is 2.08 bits per heavy atom. The number of rotatable bonds is 12. The number of amides is 2. The number of anilines is 1. The van der Waals surface area contributed by atoms with E-state index in [0.29, 0.717) is 27.7 Å². The smallest absolute Gasteiger partial charge is 0.244 e. The Hall–Kier alpha value is -2.29. The summed E-state index contributed by atoms with van der Waals surface area (Å²) in [6.45, 7) is 9.30. The molecule has 0 bridgehead atoms. The maximum atomic E-state index is 13.8. The van der Waals surface area contributed by atoms with Crippen LogP contribution in [0.1, 0.15) is 64.5 Å². The Labute approximate surface area is 231 Å². The first-order valence-corrected chi connectivity index (χ1v) is 15.0. The van der Waals surface area contributed by atoms with E-state index in [2.05, 4.69) is 5.32 Å². The standard InChI is InChI=1S/C27H37Cl2N3O4S/c1-7-19(5)30-27(34)25(8-2)31(16-21-9-12-22(28)15-24(21)29)26(33)17-32(37(6,35)36)23-13-10-20(11-14-23)18(3)4/h9-15,18-19,25H,7-8,16-17H2,1-6H3,(H,30,34)/t19-,25-/m0/s1. The van der Waals surface area contributed by atoms with E-state index < -0.39 is 28.5 Å². The second kappa shape index (κ2) is 13.5. The van der Waals surface area contributed by atoms with Gasteiger partial charge in [-0.15, -0.1) is 0 Å². The van der Waals surface area contributed by atoms with E-state index in [1.54, 1.807) is 30.3 Å². The molecule has 7 nitrogen and oxygen atoms in total. The third-order valence-electron chi connectivity index (χ3n) is 6.27. The van der Waals surface area contributed by atoms with Crippen molar-refractivity contribution in [3.63, 3.8) is 0 Å². The quantitative estimate of drug-likeness (QED) is 0.360. The number of nitrogens with zero attached hydrogens (tertiary/aromatic N) is 2. The van der Waals surface area contributed by atoms with Gasteiger partial charge in [0.05, 0.1) is 11.9 Å². The molecule has 0 aliphatic heterocycles. The molecule has 2 amide bonds. The molecule has 0 fully saturated rings. The molecule has 0 unspecified atom stereocenters. The Morgan fingerprint density at radius 1 is 0.973 bits per heavy atom. The SMILES string of the molecule is CC[C@H](C)NC(=O)[C@H](CC)N(Cc1ccc(Cl)cc1Cl)C(=O)CN(c1ccc(C(C)C)cc1)S(C)(=O)=O. The van der Waals surface area contributed by atoms with Crippen LogP contribution in [-0.4, -0.2) is 50.0 Å². The molecule has 0 heterocycles. The number of hydrogen-bond acceptors (Lipinski definition) is 4. The van der Waals surface area contributed by atoms with Crippen molar-refractivity contribution in [2.45, 2.75) is 72.0 Å². The zero-order chi connectivity index (χ0) is 27.9. The van der Waals surface area contributed by atoms with Crippen molar-refractivity contribution >= 4 is 50.7 Å². The van der Waals surface area contributed by atoms with Crippen LogP contribution < -0.4 is 9.62 Å². The number of hydrogen-bond donors (Lipinski definition) is 1. The summed E-state index contributed by atoms with van der Waals surface area (Å²) in [5.74, 6) is -0.547. The molecule has 2 aromatic rings. The van der Waals surface area contributed by atoms with Crippen LogP contribution in [0.25, 0.3) is 0 Å². The van der Waals surface area contributed by atoms with Gasteiger partial charge in [-0.2, -0.15) is 0 Å². The molecule has 0 aliphatic carbocycles. The highest BCUT2D eigenvalue weighted by atomic mass is 35.5. The first-order chi connectivity index (χ1) is 17.3. The van der Waals surface area contributed by atoms with Crippen molar-refractivity contribution in [2.24, 2.45) is 0 Å². The summed E-state index contributed by atoms with van der Waals surface area (Å²) in [7, 11) is -3.80. The molecule has 2 atom stereocenters. The Kier molecular flexibility index (Phi) is 11.3. The second-order valence-electron chi connectivity index (χ2n) is 9.52. The predicted octanol–water partition coefficient (Wildman–Crippen LogP) is 5.60. The van der Waals surface area contributed by atoms with E-state index in [-0.39, 0.29) is 24.4 Å². The van der Waals surface area contributed by atoms with Crippen molar-refractivity contribution in [3.05, 3.63) is 63.6 Å². The fraction of sp³-hybridized carbons (Fsp3) is 0.481. The highest BCUT2D eigenvalue weighted by Gasteiger charge is 2.32. The minimum absolute atomic E-state index is 0.0190. The molecule has 0 radical (unpaired) electrons. The molecule has 0 aromatic heterocycles. The van der Waals surface area contributed by atoms with Crippen LogP contribution in [0.15, 0.2) is 42.5 Å². The molecule has 0 saturated carbocycles. The third kappa shape index (κ3) is 8.62. The average Bonchev–Trinajstić information content (AvgIpc) is 2.82. The summed E-state index contributed by atoms with van der Waals surface area (Å²) < 4.78 is 26.6. The van der Waals surface area contributed by atoms with Crippen LogP contribution in [0.2, 0.25) is 10.0 Å². The molecule has 0 aliphatic rings. The molecule has 2 rings (SSSR count). The maximum Gasteiger partial charge on any atom is 0.244 e. The van der Waals surface area contributed by atoms with E-state index in [9.17, 15) is 18.0 Å². The second-order valence-corrected chi connectivity index (χ2v) is 12.3. The number of nitrogens with one attached hydrogen (secondary N) is 1. The first-order valence-electron chi connectivity index (χ1n) is 12.4. The Bertz CT molecular complexity index is 1190. The van der Waals surface area contributed by atoms with E-state index >= 15 is 0 Å². The van der Waals surface area contributed by atoms with Crippen molar-refractivity contribution < 1.29 is 18.0 Å². The lowest BCUT2D eigenvalue weighted by Crippen LogP contribution is -2.53. The summed E-state index contributed by atoms with van der Waals surface area (Å²) >= 11 is 12.4. The molecule has 2 aromatic carbocycles. The highest BCUT2D eigenvalue weighted by molar-refractivity contribution is 7.92. The summed E-state index contributed by atoms with van der Waals surface area (Å²) in [4.78, 5) is 28.3. The van der Waals surface area contributed by atoms with E-state index in [1.807, 2.05) is 46.8 Å². The zero-order valence-corrected chi connectivity index (χ0v) is 24.6. The van der Waals surface area contributed by atoms with Crippen molar-refractivity contribution in [2.75, 3.05) is 17.1 Å². The van der Waals surface area contributed by atoms with Crippen molar-refractivity contribution in [1.82, 2.24) is 10.2 Å². The molecule has 10 heteroatoms. The number of benzene rings is 2. The zero-order valence-electron chi connectivity index (χ0n) is 22.3. The lowest BCUT2D eigenvalue weighted by molar-refractivity contribution is -0.140. The first kappa shape index (κ1) is 30.9. The molecular formula is C27H37Cl2N3O4S. The summed E-state index contributed by atoms with van der Waals surface area (Å²) in [5.41, 5.74) is 2.03. The minimum atomic E-state index is -3.80. The predicted molar refractivity (Wildman–Crippen MR) is 152 cm³/mol. The van der Waals surface area contributed by atoms with Gasteiger partial charge in [0, 0.05) is 22.6 Å². The van der Waals surface area contributed by atoms with Crippen LogP contribution in [0, 0.1) is 0 Å². The molecule has 1 N–H and O–H groups in total. The number of carbonyl (C=O) groups is 2. The lowest BCUT2D eigenvalue weighted by atomic mass is 10.0. The largest absolute Gasteiger partial charge is 0.352 e. The number of halogens is 2. The van der Waals surface area contributed by atoms with Gasteiger partial charge in [0.15, 0.2) is 0 Å². The highest BCUT2D eigenvalue weighted by Crippen LogP contribution is 2.26. The monoisotopic (exact) mass is 569 g/mol. The fourth-order valence-electron chi connectivity index (χ4n) is 3.83. The Morgan fingerprint density at radius 2 is 1.59 bits per heavy atom. The van der Waals surface area contributed by atoms with Gasteiger partial charge in [-0.1, -0.05) is 69.1 Å². The Balaban J connectivity index is 2.47. The molecular weight excluding hydrogens is 533 g/mol. The van der Waals surface area contributed by atoms with Crippen LogP contribution in [0.3, 0.4) is 0 Å². The number of carbonyl (C=O) groups excluding carboxylic acids is 2. The maximum absolute atomic E-state index is 13.8. The van der Waals surface area contributed by atoms with Gasteiger partial charge in [-0.3, -0.25) is 13.9 Å².